The van der Waals surface area contributed by atoms with Crippen LogP contribution >= 0.6 is 0 Å². The van der Waals surface area contributed by atoms with Crippen LogP contribution in [-0.4, -0.2) is 46.6 Å². The zero-order chi connectivity index (χ0) is 16.9. The fraction of sp³-hybridized carbons (Fsp3) is 0.562. The zero-order valence-electron chi connectivity index (χ0n) is 13.5. The summed E-state index contributed by atoms with van der Waals surface area (Å²) in [5, 5.41) is 2.82. The molecule has 1 aliphatic heterocycles. The summed E-state index contributed by atoms with van der Waals surface area (Å²) in [6, 6.07) is 5.48. The molecule has 1 aromatic carbocycles. The summed E-state index contributed by atoms with van der Waals surface area (Å²) < 4.78 is 33.2. The van der Waals surface area contributed by atoms with Crippen LogP contribution in [0.4, 0.5) is 0 Å². The van der Waals surface area contributed by atoms with E-state index in [9.17, 15) is 13.2 Å². The van der Waals surface area contributed by atoms with Crippen molar-refractivity contribution >= 4 is 15.7 Å². The van der Waals surface area contributed by atoms with Crippen molar-refractivity contribution in [1.29, 1.82) is 0 Å². The molecule has 1 saturated heterocycles. The Bertz CT molecular complexity index is 656. The lowest BCUT2D eigenvalue weighted by Crippen LogP contribution is -2.30. The minimum absolute atomic E-state index is 0.0373. The molecule has 1 atom stereocenters. The highest BCUT2D eigenvalue weighted by Crippen LogP contribution is 2.25. The number of rotatable bonds is 7. The third-order valence-corrected chi connectivity index (χ3v) is 5.86. The number of sulfone groups is 1. The van der Waals surface area contributed by atoms with Gasteiger partial charge in [0.25, 0.3) is 0 Å². The lowest BCUT2D eigenvalue weighted by Gasteiger charge is -2.12. The monoisotopic (exact) mass is 341 g/mol. The van der Waals surface area contributed by atoms with Gasteiger partial charge >= 0.3 is 0 Å². The molecule has 0 aliphatic carbocycles. The number of carbonyl (C=O) groups is 1. The first-order valence-corrected chi connectivity index (χ1v) is 9.43. The number of hydrogen-bond donors (Lipinski definition) is 1. The van der Waals surface area contributed by atoms with Crippen molar-refractivity contribution in [2.75, 3.05) is 32.3 Å². The SMILES string of the molecule is COc1ccc(OC)c(CCC(=O)NC[C@@H]2CCS(=O)(=O)C2)c1. The summed E-state index contributed by atoms with van der Waals surface area (Å²) in [4.78, 5) is 12.0. The van der Waals surface area contributed by atoms with E-state index in [0.717, 1.165) is 17.1 Å². The van der Waals surface area contributed by atoms with Gasteiger partial charge in [0, 0.05) is 13.0 Å². The zero-order valence-corrected chi connectivity index (χ0v) is 14.3. The quantitative estimate of drug-likeness (QED) is 0.805. The number of hydrogen-bond acceptors (Lipinski definition) is 5. The van der Waals surface area contributed by atoms with Crippen LogP contribution in [0.15, 0.2) is 18.2 Å². The summed E-state index contributed by atoms with van der Waals surface area (Å²) in [6.45, 7) is 0.424. The van der Waals surface area contributed by atoms with Crippen LogP contribution in [0.5, 0.6) is 11.5 Å². The van der Waals surface area contributed by atoms with Gasteiger partial charge in [0.1, 0.15) is 11.5 Å². The van der Waals surface area contributed by atoms with Gasteiger partial charge in [0.15, 0.2) is 9.84 Å². The van der Waals surface area contributed by atoms with Gasteiger partial charge in [-0.25, -0.2) is 8.42 Å². The molecule has 0 aromatic heterocycles. The molecule has 1 fully saturated rings. The molecule has 1 amide bonds. The molecule has 1 N–H and O–H groups in total. The van der Waals surface area contributed by atoms with Crippen LogP contribution in [0.1, 0.15) is 18.4 Å². The third-order valence-electron chi connectivity index (χ3n) is 4.02. The lowest BCUT2D eigenvalue weighted by molar-refractivity contribution is -0.121. The molecule has 1 aliphatic rings. The molecule has 0 bridgehead atoms. The Morgan fingerprint density at radius 3 is 2.70 bits per heavy atom. The third kappa shape index (κ3) is 5.13. The van der Waals surface area contributed by atoms with Crippen molar-refractivity contribution in [3.05, 3.63) is 23.8 Å². The number of nitrogens with one attached hydrogen (secondary N) is 1. The first-order chi connectivity index (χ1) is 10.9. The molecule has 7 heteroatoms. The Morgan fingerprint density at radius 2 is 2.09 bits per heavy atom. The normalized spacial score (nSPS) is 19.3. The molecule has 0 spiro atoms. The van der Waals surface area contributed by atoms with E-state index in [1.807, 2.05) is 18.2 Å². The molecule has 1 aromatic rings. The number of amides is 1. The second-order valence-electron chi connectivity index (χ2n) is 5.75. The molecule has 23 heavy (non-hydrogen) atoms. The van der Waals surface area contributed by atoms with Gasteiger partial charge < -0.3 is 14.8 Å². The van der Waals surface area contributed by atoms with Crippen LogP contribution in [0, 0.1) is 5.92 Å². The van der Waals surface area contributed by atoms with Crippen molar-refractivity contribution in [3.63, 3.8) is 0 Å². The number of benzene rings is 1. The van der Waals surface area contributed by atoms with E-state index in [4.69, 9.17) is 9.47 Å². The van der Waals surface area contributed by atoms with Gasteiger partial charge in [-0.3, -0.25) is 4.79 Å². The average Bonchev–Trinajstić information content (AvgIpc) is 2.89. The van der Waals surface area contributed by atoms with E-state index >= 15 is 0 Å². The van der Waals surface area contributed by atoms with Crippen molar-refractivity contribution in [2.45, 2.75) is 19.3 Å². The van der Waals surface area contributed by atoms with Crippen molar-refractivity contribution in [3.8, 4) is 11.5 Å². The minimum atomic E-state index is -2.90. The van der Waals surface area contributed by atoms with E-state index in [1.54, 1.807) is 14.2 Å². The smallest absolute Gasteiger partial charge is 0.220 e. The fourth-order valence-electron chi connectivity index (χ4n) is 2.71. The molecule has 0 radical (unpaired) electrons. The molecule has 128 valence electrons. The molecule has 2 rings (SSSR count). The number of ether oxygens (including phenoxy) is 2. The topological polar surface area (TPSA) is 81.7 Å². The fourth-order valence-corrected chi connectivity index (χ4v) is 4.57. The summed E-state index contributed by atoms with van der Waals surface area (Å²) in [5.74, 6) is 1.80. The summed E-state index contributed by atoms with van der Waals surface area (Å²) >= 11 is 0. The first kappa shape index (κ1) is 17.6. The lowest BCUT2D eigenvalue weighted by atomic mass is 10.1. The second kappa shape index (κ2) is 7.68. The molecule has 1 heterocycles. The van der Waals surface area contributed by atoms with Crippen LogP contribution in [0.2, 0.25) is 0 Å². The van der Waals surface area contributed by atoms with Crippen LogP contribution in [0.25, 0.3) is 0 Å². The highest BCUT2D eigenvalue weighted by Gasteiger charge is 2.27. The van der Waals surface area contributed by atoms with Crippen molar-refractivity contribution in [1.82, 2.24) is 5.32 Å². The number of carbonyl (C=O) groups excluding carboxylic acids is 1. The molecule has 0 saturated carbocycles. The van der Waals surface area contributed by atoms with E-state index in [1.165, 1.54) is 0 Å². The van der Waals surface area contributed by atoms with Crippen LogP contribution in [-0.2, 0) is 21.1 Å². The van der Waals surface area contributed by atoms with Gasteiger partial charge in [-0.15, -0.1) is 0 Å². The highest BCUT2D eigenvalue weighted by atomic mass is 32.2. The maximum absolute atomic E-state index is 12.0. The van der Waals surface area contributed by atoms with E-state index in [-0.39, 0.29) is 23.3 Å². The standard InChI is InChI=1S/C16H23NO5S/c1-21-14-4-5-15(22-2)13(9-14)3-6-16(18)17-10-12-7-8-23(19,20)11-12/h4-5,9,12H,3,6-8,10-11H2,1-2H3,(H,17,18)/t12-/m0/s1. The largest absolute Gasteiger partial charge is 0.497 e. The highest BCUT2D eigenvalue weighted by molar-refractivity contribution is 7.91. The van der Waals surface area contributed by atoms with Gasteiger partial charge in [0.2, 0.25) is 5.91 Å². The first-order valence-electron chi connectivity index (χ1n) is 7.61. The van der Waals surface area contributed by atoms with E-state index in [0.29, 0.717) is 25.8 Å². The molecule has 6 nitrogen and oxygen atoms in total. The Morgan fingerprint density at radius 1 is 1.30 bits per heavy atom. The van der Waals surface area contributed by atoms with Gasteiger partial charge in [-0.1, -0.05) is 0 Å². The summed E-state index contributed by atoms with van der Waals surface area (Å²) in [7, 11) is 0.283. The van der Waals surface area contributed by atoms with Crippen LogP contribution < -0.4 is 14.8 Å². The molecular formula is C16H23NO5S. The summed E-state index contributed by atoms with van der Waals surface area (Å²) in [5.41, 5.74) is 0.908. The van der Waals surface area contributed by atoms with E-state index in [2.05, 4.69) is 5.32 Å². The predicted molar refractivity (Wildman–Crippen MR) is 87.6 cm³/mol. The minimum Gasteiger partial charge on any atom is -0.497 e. The Hall–Kier alpha value is -1.76. The number of aryl methyl sites for hydroxylation is 1. The van der Waals surface area contributed by atoms with Crippen molar-refractivity contribution < 1.29 is 22.7 Å². The van der Waals surface area contributed by atoms with Crippen LogP contribution in [0.3, 0.4) is 0 Å². The van der Waals surface area contributed by atoms with E-state index < -0.39 is 9.84 Å². The summed E-state index contributed by atoms with van der Waals surface area (Å²) in [6.07, 6.45) is 1.49. The van der Waals surface area contributed by atoms with Gasteiger partial charge in [-0.05, 0) is 42.5 Å². The number of methoxy groups -OCH3 is 2. The molecule has 0 unspecified atom stereocenters. The Labute approximate surface area is 137 Å². The Kier molecular flexibility index (Phi) is 5.87. The Balaban J connectivity index is 1.82. The maximum atomic E-state index is 12.0. The maximum Gasteiger partial charge on any atom is 0.220 e. The van der Waals surface area contributed by atoms with Crippen molar-refractivity contribution in [2.24, 2.45) is 5.92 Å². The second-order valence-corrected chi connectivity index (χ2v) is 7.98. The average molecular weight is 341 g/mol. The molecular weight excluding hydrogens is 318 g/mol. The predicted octanol–water partition coefficient (Wildman–Crippen LogP) is 1.19. The van der Waals surface area contributed by atoms with Gasteiger partial charge in [-0.2, -0.15) is 0 Å². The van der Waals surface area contributed by atoms with Gasteiger partial charge in [0.05, 0.1) is 25.7 Å².